The third-order valence-corrected chi connectivity index (χ3v) is 8.14. The summed E-state index contributed by atoms with van der Waals surface area (Å²) in [4.78, 5) is 27.8. The largest absolute Gasteiger partial charge is 0.493 e. The fraction of sp³-hybridized carbons (Fsp3) is 0.360. The van der Waals surface area contributed by atoms with Crippen molar-refractivity contribution in [1.82, 2.24) is 0 Å². The molecule has 2 amide bonds. The Morgan fingerprint density at radius 1 is 0.871 bits per heavy atom. The summed E-state index contributed by atoms with van der Waals surface area (Å²) >= 11 is 12.0. The van der Waals surface area contributed by atoms with Crippen LogP contribution < -0.4 is 9.64 Å². The number of ether oxygens (including phenoxy) is 1. The van der Waals surface area contributed by atoms with E-state index in [4.69, 9.17) is 27.9 Å². The maximum absolute atomic E-state index is 13.2. The number of rotatable bonds is 5. The minimum Gasteiger partial charge on any atom is -0.493 e. The van der Waals surface area contributed by atoms with Crippen LogP contribution in [0.15, 0.2) is 54.6 Å². The Labute approximate surface area is 190 Å². The molecule has 2 bridgehead atoms. The maximum atomic E-state index is 13.2. The molecule has 6 unspecified atom stereocenters. The third kappa shape index (κ3) is 3.03. The van der Waals surface area contributed by atoms with Crippen molar-refractivity contribution in [2.45, 2.75) is 12.8 Å². The summed E-state index contributed by atoms with van der Waals surface area (Å²) in [6, 6.07) is 12.8. The Hall–Kier alpha value is -2.30. The zero-order chi connectivity index (χ0) is 21.3. The van der Waals surface area contributed by atoms with E-state index in [0.29, 0.717) is 46.3 Å². The second-order valence-electron chi connectivity index (χ2n) is 9.01. The zero-order valence-electron chi connectivity index (χ0n) is 16.7. The first-order chi connectivity index (χ1) is 15.0. The number of hydrogen-bond donors (Lipinski definition) is 0. The van der Waals surface area contributed by atoms with Crippen LogP contribution in [0.4, 0.5) is 5.69 Å². The summed E-state index contributed by atoms with van der Waals surface area (Å²) in [5, 5.41) is 1.07. The molecule has 0 N–H and O–H groups in total. The van der Waals surface area contributed by atoms with Gasteiger partial charge in [0.2, 0.25) is 11.8 Å². The van der Waals surface area contributed by atoms with Crippen LogP contribution in [0.2, 0.25) is 10.0 Å². The Morgan fingerprint density at radius 2 is 1.52 bits per heavy atom. The van der Waals surface area contributed by atoms with E-state index in [-0.39, 0.29) is 35.5 Å². The predicted octanol–water partition coefficient (Wildman–Crippen LogP) is 5.17. The molecule has 3 fully saturated rings. The lowest BCUT2D eigenvalue weighted by molar-refractivity contribution is -0.124. The van der Waals surface area contributed by atoms with E-state index < -0.39 is 0 Å². The van der Waals surface area contributed by atoms with Crippen LogP contribution >= 0.6 is 23.2 Å². The molecule has 1 saturated heterocycles. The number of anilines is 1. The molecule has 0 aromatic heterocycles. The number of hydrogen-bond acceptors (Lipinski definition) is 3. The van der Waals surface area contributed by atoms with Gasteiger partial charge < -0.3 is 4.74 Å². The zero-order valence-corrected chi connectivity index (χ0v) is 18.2. The lowest BCUT2D eigenvalue weighted by Crippen LogP contribution is -2.40. The average molecular weight is 454 g/mol. The van der Waals surface area contributed by atoms with Gasteiger partial charge in [-0.2, -0.15) is 0 Å². The molecule has 31 heavy (non-hydrogen) atoms. The molecule has 158 valence electrons. The van der Waals surface area contributed by atoms with E-state index in [1.54, 1.807) is 18.2 Å². The lowest BCUT2D eigenvalue weighted by Gasteiger charge is -2.37. The van der Waals surface area contributed by atoms with Gasteiger partial charge in [-0.3, -0.25) is 14.5 Å². The summed E-state index contributed by atoms with van der Waals surface area (Å²) < 4.78 is 5.84. The van der Waals surface area contributed by atoms with Crippen molar-refractivity contribution in [2.24, 2.45) is 35.5 Å². The number of carbonyl (C=O) groups is 2. The summed E-state index contributed by atoms with van der Waals surface area (Å²) in [7, 11) is 0. The molecule has 0 radical (unpaired) electrons. The van der Waals surface area contributed by atoms with Gasteiger partial charge in [0.15, 0.2) is 0 Å². The number of nitrogens with zero attached hydrogens (tertiary/aromatic N) is 1. The first kappa shape index (κ1) is 19.4. The van der Waals surface area contributed by atoms with Crippen LogP contribution in [0, 0.1) is 35.5 Å². The Balaban J connectivity index is 1.13. The fourth-order valence-corrected chi connectivity index (χ4v) is 6.21. The van der Waals surface area contributed by atoms with Gasteiger partial charge in [-0.25, -0.2) is 0 Å². The Morgan fingerprint density at radius 3 is 2.13 bits per heavy atom. The molecule has 2 aromatic carbocycles. The SMILES string of the molecule is O=C1C2C3C=CC(C4CC34)C2C(=O)N1c1ccc(OCCc2ccc(Cl)c(Cl)c2)cc1. The lowest BCUT2D eigenvalue weighted by atomic mass is 9.63. The van der Waals surface area contributed by atoms with Crippen molar-refractivity contribution >= 4 is 40.7 Å². The van der Waals surface area contributed by atoms with Gasteiger partial charge in [-0.05, 0) is 72.1 Å². The second-order valence-corrected chi connectivity index (χ2v) is 9.82. The van der Waals surface area contributed by atoms with Gasteiger partial charge >= 0.3 is 0 Å². The quantitative estimate of drug-likeness (QED) is 0.463. The number of imide groups is 1. The van der Waals surface area contributed by atoms with E-state index >= 15 is 0 Å². The normalized spacial score (nSPS) is 32.3. The van der Waals surface area contributed by atoms with Crippen molar-refractivity contribution in [2.75, 3.05) is 11.5 Å². The van der Waals surface area contributed by atoms with Crippen LogP contribution in [-0.4, -0.2) is 18.4 Å². The van der Waals surface area contributed by atoms with Gasteiger partial charge in [0.05, 0.1) is 34.2 Å². The molecular weight excluding hydrogens is 433 g/mol. The summed E-state index contributed by atoms with van der Waals surface area (Å²) in [6.07, 6.45) is 6.26. The molecule has 6 heteroatoms. The highest BCUT2D eigenvalue weighted by Crippen LogP contribution is 2.65. The van der Waals surface area contributed by atoms with Gasteiger partial charge in [0.1, 0.15) is 5.75 Å². The number of allylic oxidation sites excluding steroid dienone is 2. The smallest absolute Gasteiger partial charge is 0.238 e. The van der Waals surface area contributed by atoms with Gasteiger partial charge in [0, 0.05) is 6.42 Å². The molecule has 0 spiro atoms. The second kappa shape index (κ2) is 7.11. The van der Waals surface area contributed by atoms with E-state index in [1.807, 2.05) is 24.3 Å². The van der Waals surface area contributed by atoms with Crippen molar-refractivity contribution in [1.29, 1.82) is 0 Å². The van der Waals surface area contributed by atoms with E-state index in [1.165, 1.54) is 11.3 Å². The van der Waals surface area contributed by atoms with E-state index in [9.17, 15) is 9.59 Å². The first-order valence-electron chi connectivity index (χ1n) is 10.8. The Bertz CT molecular complexity index is 1080. The van der Waals surface area contributed by atoms with Crippen LogP contribution in [-0.2, 0) is 16.0 Å². The molecule has 1 heterocycles. The van der Waals surface area contributed by atoms with Crippen molar-refractivity contribution in [3.63, 3.8) is 0 Å². The molecule has 7 rings (SSSR count). The summed E-state index contributed by atoms with van der Waals surface area (Å²) in [6.45, 7) is 0.487. The van der Waals surface area contributed by atoms with Gasteiger partial charge in [0.25, 0.3) is 0 Å². The van der Waals surface area contributed by atoms with Crippen molar-refractivity contribution in [3.05, 3.63) is 70.2 Å². The van der Waals surface area contributed by atoms with Gasteiger partial charge in [-0.15, -0.1) is 0 Å². The summed E-state index contributed by atoms with van der Waals surface area (Å²) in [5.41, 5.74) is 1.68. The predicted molar refractivity (Wildman–Crippen MR) is 119 cm³/mol. The van der Waals surface area contributed by atoms with Crippen LogP contribution in [0.3, 0.4) is 0 Å². The maximum Gasteiger partial charge on any atom is 0.238 e. The average Bonchev–Trinajstić information content (AvgIpc) is 3.55. The first-order valence-corrected chi connectivity index (χ1v) is 11.5. The molecule has 4 nitrogen and oxygen atoms in total. The molecule has 4 aliphatic carbocycles. The van der Waals surface area contributed by atoms with Crippen molar-refractivity contribution in [3.8, 4) is 5.75 Å². The third-order valence-electron chi connectivity index (χ3n) is 7.40. The highest BCUT2D eigenvalue weighted by molar-refractivity contribution is 6.42. The van der Waals surface area contributed by atoms with Crippen LogP contribution in [0.25, 0.3) is 0 Å². The molecule has 2 saturated carbocycles. The number of halogens is 2. The molecule has 5 aliphatic rings. The molecule has 2 aromatic rings. The number of benzene rings is 2. The van der Waals surface area contributed by atoms with E-state index in [2.05, 4.69) is 12.2 Å². The fourth-order valence-electron chi connectivity index (χ4n) is 5.88. The number of amides is 2. The standard InChI is InChI=1S/C25H21Cl2NO3/c26-20-8-1-13(11-21(20)27)9-10-31-15-4-2-14(3-5-15)28-24(29)22-16-6-7-17(19-12-18(16)19)23(22)25(28)30/h1-8,11,16-19,22-23H,9-10,12H2. The molecule has 1 aliphatic heterocycles. The Kier molecular flexibility index (Phi) is 4.45. The minimum atomic E-state index is -0.173. The van der Waals surface area contributed by atoms with Crippen molar-refractivity contribution < 1.29 is 14.3 Å². The minimum absolute atomic E-state index is 0.0343. The van der Waals surface area contributed by atoms with Gasteiger partial charge in [-0.1, -0.05) is 41.4 Å². The summed E-state index contributed by atoms with van der Waals surface area (Å²) in [5.74, 6) is 1.99. The van der Waals surface area contributed by atoms with Crippen LogP contribution in [0.1, 0.15) is 12.0 Å². The van der Waals surface area contributed by atoms with Crippen LogP contribution in [0.5, 0.6) is 5.75 Å². The topological polar surface area (TPSA) is 46.6 Å². The van der Waals surface area contributed by atoms with E-state index in [0.717, 1.165) is 5.56 Å². The number of carbonyl (C=O) groups excluding carboxylic acids is 2. The monoisotopic (exact) mass is 453 g/mol. The molecular formula is C25H21Cl2NO3. The molecule has 6 atom stereocenters. The highest BCUT2D eigenvalue weighted by Gasteiger charge is 2.67. The highest BCUT2D eigenvalue weighted by atomic mass is 35.5.